The van der Waals surface area contributed by atoms with Crippen molar-refractivity contribution >= 4 is 30.6 Å². The van der Waals surface area contributed by atoms with E-state index in [2.05, 4.69) is 135 Å². The lowest BCUT2D eigenvalue weighted by Crippen LogP contribution is -2.66. The van der Waals surface area contributed by atoms with E-state index in [9.17, 15) is 0 Å². The van der Waals surface area contributed by atoms with E-state index in [0.29, 0.717) is 11.1 Å². The third kappa shape index (κ3) is 3.11. The molecule has 4 aromatic rings. The average Bonchev–Trinajstić information content (AvgIpc) is 3.48. The molecule has 1 heteroatoms. The molecule has 4 aromatic carbocycles. The van der Waals surface area contributed by atoms with Crippen LogP contribution in [0.1, 0.15) is 44.5 Å². The van der Waals surface area contributed by atoms with Gasteiger partial charge in [-0.1, -0.05) is 143 Å². The highest BCUT2D eigenvalue weighted by molar-refractivity contribution is 7.05. The molecule has 2 unspecified atom stereocenters. The van der Waals surface area contributed by atoms with Gasteiger partial charge >= 0.3 is 0 Å². The Labute approximate surface area is 198 Å². The van der Waals surface area contributed by atoms with Crippen molar-refractivity contribution in [1.82, 2.24) is 0 Å². The van der Waals surface area contributed by atoms with Gasteiger partial charge in [-0.2, -0.15) is 0 Å². The second-order valence-electron chi connectivity index (χ2n) is 9.53. The first-order chi connectivity index (χ1) is 16.2. The van der Waals surface area contributed by atoms with Crippen LogP contribution in [0.2, 0.25) is 0 Å². The van der Waals surface area contributed by atoms with Crippen molar-refractivity contribution in [3.8, 4) is 0 Å². The zero-order valence-corrected chi connectivity index (χ0v) is 20.2. The Morgan fingerprint density at radius 2 is 0.879 bits per heavy atom. The maximum atomic E-state index is 2.51. The highest BCUT2D eigenvalue weighted by Crippen LogP contribution is 2.46. The van der Waals surface area contributed by atoms with Gasteiger partial charge in [-0.05, 0) is 36.1 Å². The third-order valence-electron chi connectivity index (χ3n) is 7.64. The molecule has 0 radical (unpaired) electrons. The first-order valence-electron chi connectivity index (χ1n) is 11.9. The molecule has 0 nitrogen and oxygen atoms in total. The van der Waals surface area contributed by atoms with Crippen molar-refractivity contribution in [3.63, 3.8) is 0 Å². The van der Waals surface area contributed by atoms with Gasteiger partial charge in [-0.3, -0.25) is 0 Å². The van der Waals surface area contributed by atoms with Gasteiger partial charge in [0.1, 0.15) is 8.07 Å². The topological polar surface area (TPSA) is 0 Å². The van der Waals surface area contributed by atoms with Crippen LogP contribution in [0.5, 0.6) is 0 Å². The molecule has 6 rings (SSSR count). The number of fused-ring (bicyclic) bond motifs is 2. The molecule has 0 spiro atoms. The second kappa shape index (κ2) is 7.86. The van der Waals surface area contributed by atoms with Crippen molar-refractivity contribution in [2.45, 2.75) is 24.9 Å². The summed E-state index contributed by atoms with van der Waals surface area (Å²) >= 11 is 0. The van der Waals surface area contributed by atoms with Gasteiger partial charge in [0.05, 0.1) is 0 Å². The lowest BCUT2D eigenvalue weighted by atomic mass is 10.1. The van der Waals surface area contributed by atoms with Crippen molar-refractivity contribution in [2.24, 2.45) is 0 Å². The summed E-state index contributed by atoms with van der Waals surface area (Å²) in [5.74, 6) is 0. The Bertz CT molecular complexity index is 1260. The fourth-order valence-corrected chi connectivity index (χ4v) is 11.9. The van der Waals surface area contributed by atoms with Gasteiger partial charge in [-0.15, -0.1) is 0 Å². The number of benzene rings is 4. The summed E-state index contributed by atoms with van der Waals surface area (Å²) in [5, 5.41) is 3.02. The van der Waals surface area contributed by atoms with Crippen molar-refractivity contribution in [2.75, 3.05) is 0 Å². The Kier molecular flexibility index (Phi) is 4.81. The van der Waals surface area contributed by atoms with E-state index in [1.807, 2.05) is 0 Å². The Hall–Kier alpha value is -3.42. The molecule has 0 heterocycles. The summed E-state index contributed by atoms with van der Waals surface area (Å²) in [4.78, 5) is 0. The molecule has 0 saturated carbocycles. The Morgan fingerprint density at radius 3 is 1.30 bits per heavy atom. The molecular weight excluding hydrogens is 412 g/mol. The SMILES string of the molecule is Cc1ccc([Si](c2ccc(C)cc2)(C2C=Cc3ccccc32)C2C=Cc3ccccc32)cc1. The first-order valence-corrected chi connectivity index (χ1v) is 14.0. The number of rotatable bonds is 4. The molecule has 33 heavy (non-hydrogen) atoms. The van der Waals surface area contributed by atoms with Crippen LogP contribution in [-0.4, -0.2) is 8.07 Å². The van der Waals surface area contributed by atoms with Crippen LogP contribution >= 0.6 is 0 Å². The minimum absolute atomic E-state index is 0.375. The van der Waals surface area contributed by atoms with Crippen LogP contribution in [0.25, 0.3) is 12.2 Å². The van der Waals surface area contributed by atoms with Crippen LogP contribution in [-0.2, 0) is 0 Å². The van der Waals surface area contributed by atoms with Gasteiger partial charge in [-0.25, -0.2) is 0 Å². The van der Waals surface area contributed by atoms with E-state index in [4.69, 9.17) is 0 Å². The average molecular weight is 441 g/mol. The summed E-state index contributed by atoms with van der Waals surface area (Å²) in [6, 6.07) is 36.9. The second-order valence-corrected chi connectivity index (χ2v) is 13.7. The highest BCUT2D eigenvalue weighted by atomic mass is 28.3. The zero-order chi connectivity index (χ0) is 22.4. The molecule has 0 amide bonds. The van der Waals surface area contributed by atoms with Crippen LogP contribution in [0, 0.1) is 13.8 Å². The zero-order valence-electron chi connectivity index (χ0n) is 19.2. The Balaban J connectivity index is 1.70. The summed E-state index contributed by atoms with van der Waals surface area (Å²) in [6.45, 7) is 4.38. The quantitative estimate of drug-likeness (QED) is 0.315. The van der Waals surface area contributed by atoms with Gasteiger partial charge in [0.25, 0.3) is 0 Å². The highest BCUT2D eigenvalue weighted by Gasteiger charge is 2.52. The van der Waals surface area contributed by atoms with E-state index < -0.39 is 8.07 Å². The molecular formula is C32H28Si. The van der Waals surface area contributed by atoms with E-state index >= 15 is 0 Å². The largest absolute Gasteiger partial charge is 0.139 e. The van der Waals surface area contributed by atoms with Crippen LogP contribution in [0.4, 0.5) is 0 Å². The smallest absolute Gasteiger partial charge is 0.0784 e. The maximum absolute atomic E-state index is 2.51. The van der Waals surface area contributed by atoms with E-state index in [0.717, 1.165) is 0 Å². The summed E-state index contributed by atoms with van der Waals surface area (Å²) in [6.07, 6.45) is 9.72. The number of hydrogen-bond acceptors (Lipinski definition) is 0. The van der Waals surface area contributed by atoms with Gasteiger partial charge in [0, 0.05) is 11.1 Å². The van der Waals surface area contributed by atoms with Crippen molar-refractivity contribution in [1.29, 1.82) is 0 Å². The van der Waals surface area contributed by atoms with Crippen LogP contribution < -0.4 is 10.4 Å². The first kappa shape index (κ1) is 20.2. The monoisotopic (exact) mass is 440 g/mol. The summed E-state index contributed by atoms with van der Waals surface area (Å²) in [5.41, 5.74) is 9.07. The lowest BCUT2D eigenvalue weighted by molar-refractivity contribution is 1.07. The van der Waals surface area contributed by atoms with Crippen molar-refractivity contribution < 1.29 is 0 Å². The third-order valence-corrected chi connectivity index (χ3v) is 13.2. The minimum Gasteiger partial charge on any atom is -0.0784 e. The van der Waals surface area contributed by atoms with E-state index in [-0.39, 0.29) is 0 Å². The van der Waals surface area contributed by atoms with Gasteiger partial charge in [0.15, 0.2) is 0 Å². The molecule has 160 valence electrons. The Morgan fingerprint density at radius 1 is 0.485 bits per heavy atom. The molecule has 0 bridgehead atoms. The molecule has 2 aliphatic carbocycles. The predicted octanol–water partition coefficient (Wildman–Crippen LogP) is 6.57. The number of aryl methyl sites for hydroxylation is 2. The maximum Gasteiger partial charge on any atom is 0.139 e. The normalized spacial score (nSPS) is 18.4. The van der Waals surface area contributed by atoms with Crippen molar-refractivity contribution in [3.05, 3.63) is 143 Å². The number of hydrogen-bond donors (Lipinski definition) is 0. The molecule has 2 atom stereocenters. The predicted molar refractivity (Wildman–Crippen MR) is 144 cm³/mol. The fourth-order valence-electron chi connectivity index (χ4n) is 6.03. The molecule has 2 aliphatic rings. The van der Waals surface area contributed by atoms with Crippen LogP contribution in [0.15, 0.2) is 109 Å². The lowest BCUT2D eigenvalue weighted by Gasteiger charge is -2.43. The van der Waals surface area contributed by atoms with Crippen LogP contribution in [0.3, 0.4) is 0 Å². The molecule has 0 fully saturated rings. The fraction of sp³-hybridized carbons (Fsp3) is 0.125. The van der Waals surface area contributed by atoms with E-state index in [1.165, 1.54) is 43.8 Å². The molecule has 0 N–H and O–H groups in total. The van der Waals surface area contributed by atoms with E-state index in [1.54, 1.807) is 0 Å². The minimum atomic E-state index is -2.40. The summed E-state index contributed by atoms with van der Waals surface area (Å²) in [7, 11) is -2.40. The number of allylic oxidation sites excluding steroid dienone is 2. The van der Waals surface area contributed by atoms with Gasteiger partial charge in [0.2, 0.25) is 0 Å². The molecule has 0 saturated heterocycles. The summed E-state index contributed by atoms with van der Waals surface area (Å²) < 4.78 is 0. The van der Waals surface area contributed by atoms with Gasteiger partial charge < -0.3 is 0 Å². The molecule has 0 aliphatic heterocycles. The standard InChI is InChI=1S/C32H28Si/c1-23-11-17-27(18-12-23)33(28-19-13-24(2)14-20-28,31-21-15-25-7-3-5-9-29(25)31)32-22-16-26-8-4-6-10-30(26)32/h3-22,31-32H,1-2H3. The molecule has 0 aromatic heterocycles.